The summed E-state index contributed by atoms with van der Waals surface area (Å²) < 4.78 is 1.95. The average molecular weight is 195 g/mol. The standard InChI is InChI=1S/C11H17NO2/c1-3-4-9(2)7-12-6-5-10(8-12)11(13)14/h5-6,8-9H,3-4,7H2,1-2H3,(H,13,14). The summed E-state index contributed by atoms with van der Waals surface area (Å²) in [5.74, 6) is -0.249. The Morgan fingerprint density at radius 1 is 1.64 bits per heavy atom. The van der Waals surface area contributed by atoms with Gasteiger partial charge in [0.05, 0.1) is 5.56 Å². The molecule has 3 heteroatoms. The van der Waals surface area contributed by atoms with E-state index in [9.17, 15) is 4.79 Å². The van der Waals surface area contributed by atoms with Crippen molar-refractivity contribution in [2.45, 2.75) is 33.2 Å². The lowest BCUT2D eigenvalue weighted by molar-refractivity contribution is 0.0697. The molecule has 0 bridgehead atoms. The minimum absolute atomic E-state index is 0.369. The molecule has 14 heavy (non-hydrogen) atoms. The van der Waals surface area contributed by atoms with E-state index in [0.717, 1.165) is 6.54 Å². The molecule has 0 aliphatic heterocycles. The van der Waals surface area contributed by atoms with Gasteiger partial charge in [0.25, 0.3) is 0 Å². The van der Waals surface area contributed by atoms with Crippen molar-refractivity contribution >= 4 is 5.97 Å². The van der Waals surface area contributed by atoms with Gasteiger partial charge in [-0.25, -0.2) is 4.79 Å². The topological polar surface area (TPSA) is 42.2 Å². The summed E-state index contributed by atoms with van der Waals surface area (Å²) in [4.78, 5) is 10.6. The smallest absolute Gasteiger partial charge is 0.337 e. The van der Waals surface area contributed by atoms with E-state index < -0.39 is 5.97 Å². The van der Waals surface area contributed by atoms with E-state index in [1.807, 2.05) is 10.8 Å². The van der Waals surface area contributed by atoms with E-state index in [4.69, 9.17) is 5.11 Å². The first-order valence-electron chi connectivity index (χ1n) is 5.02. The van der Waals surface area contributed by atoms with Gasteiger partial charge in [0.15, 0.2) is 0 Å². The van der Waals surface area contributed by atoms with Crippen LogP contribution >= 0.6 is 0 Å². The van der Waals surface area contributed by atoms with E-state index in [1.165, 1.54) is 12.8 Å². The highest BCUT2D eigenvalue weighted by Crippen LogP contribution is 2.10. The predicted octanol–water partition coefficient (Wildman–Crippen LogP) is 2.62. The largest absolute Gasteiger partial charge is 0.478 e. The maximum atomic E-state index is 10.6. The average Bonchev–Trinajstić information content (AvgIpc) is 2.53. The normalized spacial score (nSPS) is 12.7. The second-order valence-electron chi connectivity index (χ2n) is 3.80. The Kier molecular flexibility index (Phi) is 3.74. The van der Waals surface area contributed by atoms with Crippen LogP contribution in [0.5, 0.6) is 0 Å². The summed E-state index contributed by atoms with van der Waals surface area (Å²) >= 11 is 0. The van der Waals surface area contributed by atoms with Crippen molar-refractivity contribution in [3.63, 3.8) is 0 Å². The molecule has 1 rings (SSSR count). The van der Waals surface area contributed by atoms with Crippen molar-refractivity contribution in [3.05, 3.63) is 24.0 Å². The van der Waals surface area contributed by atoms with Gasteiger partial charge in [-0.15, -0.1) is 0 Å². The van der Waals surface area contributed by atoms with Gasteiger partial charge < -0.3 is 9.67 Å². The molecule has 0 fully saturated rings. The predicted molar refractivity (Wildman–Crippen MR) is 55.5 cm³/mol. The fraction of sp³-hybridized carbons (Fsp3) is 0.545. The zero-order valence-electron chi connectivity index (χ0n) is 8.73. The van der Waals surface area contributed by atoms with Crippen LogP contribution in [0.3, 0.4) is 0 Å². The van der Waals surface area contributed by atoms with Crippen molar-refractivity contribution in [1.82, 2.24) is 4.57 Å². The molecule has 78 valence electrons. The van der Waals surface area contributed by atoms with E-state index in [0.29, 0.717) is 11.5 Å². The lowest BCUT2D eigenvalue weighted by Gasteiger charge is -2.10. The number of hydrogen-bond acceptors (Lipinski definition) is 1. The molecular weight excluding hydrogens is 178 g/mol. The first-order valence-corrected chi connectivity index (χ1v) is 5.02. The Bertz CT molecular complexity index is 304. The Labute approximate surface area is 84.4 Å². The van der Waals surface area contributed by atoms with Gasteiger partial charge in [0, 0.05) is 18.9 Å². The fourth-order valence-corrected chi connectivity index (χ4v) is 1.62. The molecule has 0 aromatic carbocycles. The van der Waals surface area contributed by atoms with Crippen LogP contribution in [-0.4, -0.2) is 15.6 Å². The molecule has 1 N–H and O–H groups in total. The van der Waals surface area contributed by atoms with E-state index in [1.54, 1.807) is 12.3 Å². The molecule has 1 atom stereocenters. The number of carboxylic acids is 1. The van der Waals surface area contributed by atoms with Crippen molar-refractivity contribution in [1.29, 1.82) is 0 Å². The zero-order valence-corrected chi connectivity index (χ0v) is 8.73. The number of nitrogens with zero attached hydrogens (tertiary/aromatic N) is 1. The monoisotopic (exact) mass is 195 g/mol. The molecule has 1 heterocycles. The lowest BCUT2D eigenvalue weighted by Crippen LogP contribution is -2.05. The number of aromatic carboxylic acids is 1. The van der Waals surface area contributed by atoms with Crippen LogP contribution in [0, 0.1) is 5.92 Å². The number of hydrogen-bond donors (Lipinski definition) is 1. The number of carboxylic acid groups (broad SMARTS) is 1. The van der Waals surface area contributed by atoms with Gasteiger partial charge in [0.1, 0.15) is 0 Å². The molecule has 0 aliphatic carbocycles. The van der Waals surface area contributed by atoms with Crippen LogP contribution in [0.25, 0.3) is 0 Å². The second-order valence-corrected chi connectivity index (χ2v) is 3.80. The second kappa shape index (κ2) is 4.84. The van der Waals surface area contributed by atoms with E-state index in [2.05, 4.69) is 13.8 Å². The number of carbonyl (C=O) groups is 1. The van der Waals surface area contributed by atoms with Crippen LogP contribution in [-0.2, 0) is 6.54 Å². The van der Waals surface area contributed by atoms with Crippen molar-refractivity contribution in [2.75, 3.05) is 0 Å². The van der Waals surface area contributed by atoms with Crippen LogP contribution in [0.15, 0.2) is 18.5 Å². The first kappa shape index (κ1) is 10.8. The Morgan fingerprint density at radius 3 is 2.86 bits per heavy atom. The minimum Gasteiger partial charge on any atom is -0.478 e. The molecular formula is C11H17NO2. The number of aromatic nitrogens is 1. The minimum atomic E-state index is -0.855. The van der Waals surface area contributed by atoms with Gasteiger partial charge in [-0.1, -0.05) is 20.3 Å². The Hall–Kier alpha value is -1.25. The summed E-state index contributed by atoms with van der Waals surface area (Å²) in [6.07, 6.45) is 5.87. The zero-order chi connectivity index (χ0) is 10.6. The van der Waals surface area contributed by atoms with Gasteiger partial charge in [-0.2, -0.15) is 0 Å². The molecule has 0 aliphatic rings. The SMILES string of the molecule is CCCC(C)Cn1ccc(C(=O)O)c1. The third kappa shape index (κ3) is 2.91. The highest BCUT2D eigenvalue weighted by atomic mass is 16.4. The molecule has 1 aromatic heterocycles. The van der Waals surface area contributed by atoms with Crippen LogP contribution in [0.2, 0.25) is 0 Å². The highest BCUT2D eigenvalue weighted by Gasteiger charge is 2.06. The molecule has 0 saturated heterocycles. The third-order valence-electron chi connectivity index (χ3n) is 2.30. The van der Waals surface area contributed by atoms with Crippen molar-refractivity contribution < 1.29 is 9.90 Å². The van der Waals surface area contributed by atoms with Gasteiger partial charge >= 0.3 is 5.97 Å². The molecule has 0 radical (unpaired) electrons. The van der Waals surface area contributed by atoms with Gasteiger partial charge in [-0.05, 0) is 18.4 Å². The third-order valence-corrected chi connectivity index (χ3v) is 2.30. The molecule has 0 amide bonds. The summed E-state index contributed by atoms with van der Waals surface area (Å²) in [5, 5.41) is 8.72. The lowest BCUT2D eigenvalue weighted by atomic mass is 10.1. The molecule has 0 saturated carbocycles. The van der Waals surface area contributed by atoms with E-state index >= 15 is 0 Å². The maximum absolute atomic E-state index is 10.6. The van der Waals surface area contributed by atoms with Crippen LogP contribution < -0.4 is 0 Å². The summed E-state index contributed by atoms with van der Waals surface area (Å²) in [5.41, 5.74) is 0.369. The van der Waals surface area contributed by atoms with Gasteiger partial charge in [-0.3, -0.25) is 0 Å². The highest BCUT2D eigenvalue weighted by molar-refractivity contribution is 5.87. The summed E-state index contributed by atoms with van der Waals surface area (Å²) in [7, 11) is 0. The summed E-state index contributed by atoms with van der Waals surface area (Å²) in [6.45, 7) is 5.25. The van der Waals surface area contributed by atoms with Crippen LogP contribution in [0.4, 0.5) is 0 Å². The molecule has 1 aromatic rings. The first-order chi connectivity index (χ1) is 6.63. The van der Waals surface area contributed by atoms with Crippen molar-refractivity contribution in [2.24, 2.45) is 5.92 Å². The molecule has 1 unspecified atom stereocenters. The van der Waals surface area contributed by atoms with Crippen LogP contribution in [0.1, 0.15) is 37.0 Å². The van der Waals surface area contributed by atoms with Gasteiger partial charge in [0.2, 0.25) is 0 Å². The quantitative estimate of drug-likeness (QED) is 0.784. The van der Waals surface area contributed by atoms with E-state index in [-0.39, 0.29) is 0 Å². The molecule has 3 nitrogen and oxygen atoms in total. The fourth-order valence-electron chi connectivity index (χ4n) is 1.62. The molecule has 0 spiro atoms. The number of rotatable bonds is 5. The maximum Gasteiger partial charge on any atom is 0.337 e. The summed E-state index contributed by atoms with van der Waals surface area (Å²) in [6, 6.07) is 1.64. The van der Waals surface area contributed by atoms with Crippen molar-refractivity contribution in [3.8, 4) is 0 Å². The Morgan fingerprint density at radius 2 is 2.36 bits per heavy atom. The Balaban J connectivity index is 2.55.